The monoisotopic (exact) mass is 233 g/mol. The number of aromatic nitrogens is 2. The lowest BCUT2D eigenvalue weighted by molar-refractivity contribution is -0.587. The first-order chi connectivity index (χ1) is 8.95. The largest absolute Gasteiger partial charge is 0.335 e. The summed E-state index contributed by atoms with van der Waals surface area (Å²) >= 11 is 0. The molecule has 86 valence electrons. The zero-order chi connectivity index (χ0) is 12.2. The summed E-state index contributed by atoms with van der Waals surface area (Å²) in [5, 5.41) is 0. The third-order valence-electron chi connectivity index (χ3n) is 2.81. The first kappa shape index (κ1) is 10.7. The van der Waals surface area contributed by atoms with Gasteiger partial charge in [-0.1, -0.05) is 36.4 Å². The first-order valence-electron chi connectivity index (χ1n) is 5.93. The van der Waals surface area contributed by atoms with Gasteiger partial charge in [0.15, 0.2) is 0 Å². The lowest BCUT2D eigenvalue weighted by Gasteiger charge is -2.03. The van der Waals surface area contributed by atoms with Gasteiger partial charge in [0.05, 0.1) is 5.56 Å². The highest BCUT2D eigenvalue weighted by Crippen LogP contribution is 2.13. The Hall–Kier alpha value is -2.48. The molecule has 2 nitrogen and oxygen atoms in total. The van der Waals surface area contributed by atoms with Gasteiger partial charge in [-0.25, -0.2) is 0 Å². The van der Waals surface area contributed by atoms with Crippen molar-refractivity contribution in [1.82, 2.24) is 4.98 Å². The van der Waals surface area contributed by atoms with E-state index >= 15 is 0 Å². The van der Waals surface area contributed by atoms with Gasteiger partial charge in [0.25, 0.3) is 0 Å². The van der Waals surface area contributed by atoms with Gasteiger partial charge in [-0.05, 0) is 29.2 Å². The molecule has 0 aliphatic carbocycles. The van der Waals surface area contributed by atoms with Gasteiger partial charge in [-0.15, -0.1) is 0 Å². The van der Waals surface area contributed by atoms with Crippen LogP contribution in [0.4, 0.5) is 0 Å². The van der Waals surface area contributed by atoms with Crippen molar-refractivity contribution in [2.24, 2.45) is 0 Å². The van der Waals surface area contributed by atoms with Crippen LogP contribution in [0.2, 0.25) is 0 Å². The minimum Gasteiger partial charge on any atom is -0.196 e. The SMILES string of the molecule is c1ccc(-c2nccc[n+]2-c2ccccc2)cc1. The van der Waals surface area contributed by atoms with Crippen LogP contribution in [-0.4, -0.2) is 4.98 Å². The molecule has 0 aliphatic heterocycles. The van der Waals surface area contributed by atoms with Crippen LogP contribution in [0.3, 0.4) is 0 Å². The maximum atomic E-state index is 4.49. The molecule has 0 saturated heterocycles. The number of hydrogen-bond donors (Lipinski definition) is 0. The highest BCUT2D eigenvalue weighted by atomic mass is 15.0. The van der Waals surface area contributed by atoms with Crippen molar-refractivity contribution >= 4 is 0 Å². The Morgan fingerprint density at radius 3 is 2.11 bits per heavy atom. The molecule has 0 spiro atoms. The zero-order valence-corrected chi connectivity index (χ0v) is 9.90. The molecule has 0 unspecified atom stereocenters. The van der Waals surface area contributed by atoms with E-state index in [4.69, 9.17) is 0 Å². The summed E-state index contributed by atoms with van der Waals surface area (Å²) in [4.78, 5) is 4.49. The van der Waals surface area contributed by atoms with Gasteiger partial charge >= 0.3 is 5.82 Å². The molecule has 18 heavy (non-hydrogen) atoms. The van der Waals surface area contributed by atoms with Crippen LogP contribution in [0.5, 0.6) is 0 Å². The van der Waals surface area contributed by atoms with E-state index in [9.17, 15) is 0 Å². The fourth-order valence-electron chi connectivity index (χ4n) is 1.97. The topological polar surface area (TPSA) is 16.8 Å². The van der Waals surface area contributed by atoms with Crippen molar-refractivity contribution in [2.45, 2.75) is 0 Å². The van der Waals surface area contributed by atoms with E-state index in [1.165, 1.54) is 0 Å². The Morgan fingerprint density at radius 1 is 0.722 bits per heavy atom. The predicted octanol–water partition coefficient (Wildman–Crippen LogP) is 3.03. The van der Waals surface area contributed by atoms with Crippen LogP contribution >= 0.6 is 0 Å². The summed E-state index contributed by atoms with van der Waals surface area (Å²) in [6, 6.07) is 22.4. The van der Waals surface area contributed by atoms with E-state index in [1.807, 2.05) is 54.9 Å². The molecule has 0 N–H and O–H groups in total. The lowest BCUT2D eigenvalue weighted by Crippen LogP contribution is -2.33. The van der Waals surface area contributed by atoms with Crippen molar-refractivity contribution in [3.8, 4) is 17.1 Å². The average molecular weight is 233 g/mol. The zero-order valence-electron chi connectivity index (χ0n) is 9.90. The second-order valence-corrected chi connectivity index (χ2v) is 4.01. The van der Waals surface area contributed by atoms with Gasteiger partial charge in [0, 0.05) is 6.07 Å². The van der Waals surface area contributed by atoms with E-state index in [1.54, 1.807) is 0 Å². The summed E-state index contributed by atoms with van der Waals surface area (Å²) < 4.78 is 2.09. The Labute approximate surface area is 106 Å². The molecule has 1 aromatic heterocycles. The van der Waals surface area contributed by atoms with Gasteiger partial charge in [0.2, 0.25) is 0 Å². The predicted molar refractivity (Wildman–Crippen MR) is 71.2 cm³/mol. The molecule has 3 aromatic rings. The normalized spacial score (nSPS) is 10.2. The van der Waals surface area contributed by atoms with Crippen LogP contribution in [0.15, 0.2) is 79.1 Å². The molecule has 0 aliphatic rings. The van der Waals surface area contributed by atoms with Crippen LogP contribution in [0.1, 0.15) is 0 Å². The second kappa shape index (κ2) is 4.80. The maximum Gasteiger partial charge on any atom is 0.335 e. The van der Waals surface area contributed by atoms with Crippen molar-refractivity contribution in [1.29, 1.82) is 0 Å². The second-order valence-electron chi connectivity index (χ2n) is 4.01. The minimum atomic E-state index is 0.948. The van der Waals surface area contributed by atoms with Crippen molar-refractivity contribution in [3.05, 3.63) is 79.1 Å². The number of benzene rings is 2. The first-order valence-corrected chi connectivity index (χ1v) is 5.93. The fraction of sp³-hybridized carbons (Fsp3) is 0. The van der Waals surface area contributed by atoms with Gasteiger partial charge < -0.3 is 0 Å². The molecule has 0 saturated carbocycles. The number of para-hydroxylation sites is 1. The summed E-state index contributed by atoms with van der Waals surface area (Å²) in [7, 11) is 0. The van der Waals surface area contributed by atoms with Gasteiger partial charge in [0.1, 0.15) is 18.1 Å². The van der Waals surface area contributed by atoms with E-state index in [0.29, 0.717) is 0 Å². The molecule has 0 radical (unpaired) electrons. The highest BCUT2D eigenvalue weighted by molar-refractivity contribution is 5.51. The molecule has 0 amide bonds. The lowest BCUT2D eigenvalue weighted by atomic mass is 10.2. The minimum absolute atomic E-state index is 0.948. The number of nitrogens with zero attached hydrogens (tertiary/aromatic N) is 2. The highest BCUT2D eigenvalue weighted by Gasteiger charge is 2.14. The Morgan fingerprint density at radius 2 is 1.39 bits per heavy atom. The van der Waals surface area contributed by atoms with Gasteiger partial charge in [-0.2, -0.15) is 4.57 Å². The number of hydrogen-bond acceptors (Lipinski definition) is 1. The fourth-order valence-corrected chi connectivity index (χ4v) is 1.97. The molecule has 3 rings (SSSR count). The summed E-state index contributed by atoms with van der Waals surface area (Å²) in [6.45, 7) is 0. The molecule has 2 aromatic carbocycles. The quantitative estimate of drug-likeness (QED) is 0.622. The molecule has 0 fully saturated rings. The van der Waals surface area contributed by atoms with E-state index in [0.717, 1.165) is 17.1 Å². The number of rotatable bonds is 2. The smallest absolute Gasteiger partial charge is 0.196 e. The third-order valence-corrected chi connectivity index (χ3v) is 2.81. The Bertz CT molecular complexity index is 575. The van der Waals surface area contributed by atoms with E-state index in [2.05, 4.69) is 33.8 Å². The maximum absolute atomic E-state index is 4.49. The summed E-state index contributed by atoms with van der Waals surface area (Å²) in [5.74, 6) is 0.948. The van der Waals surface area contributed by atoms with Crippen molar-refractivity contribution < 1.29 is 4.57 Å². The van der Waals surface area contributed by atoms with E-state index < -0.39 is 0 Å². The van der Waals surface area contributed by atoms with Crippen molar-refractivity contribution in [2.75, 3.05) is 0 Å². The standard InChI is InChI=1S/C16H13N2/c1-3-8-14(9-4-1)16-17-12-7-13-18(16)15-10-5-2-6-11-15/h1-13H/q+1. The molecular weight excluding hydrogens is 220 g/mol. The summed E-state index contributed by atoms with van der Waals surface area (Å²) in [5.41, 5.74) is 2.23. The third kappa shape index (κ3) is 2.00. The Kier molecular flexibility index (Phi) is 2.84. The van der Waals surface area contributed by atoms with E-state index in [-0.39, 0.29) is 0 Å². The van der Waals surface area contributed by atoms with Crippen LogP contribution in [0, 0.1) is 0 Å². The van der Waals surface area contributed by atoms with Gasteiger partial charge in [-0.3, -0.25) is 0 Å². The van der Waals surface area contributed by atoms with Crippen LogP contribution in [0.25, 0.3) is 17.1 Å². The molecule has 0 atom stereocenters. The molecule has 0 bridgehead atoms. The molecule has 1 heterocycles. The van der Waals surface area contributed by atoms with Crippen molar-refractivity contribution in [3.63, 3.8) is 0 Å². The van der Waals surface area contributed by atoms with Crippen LogP contribution in [-0.2, 0) is 0 Å². The summed E-state index contributed by atoms with van der Waals surface area (Å²) in [6.07, 6.45) is 3.85. The average Bonchev–Trinajstić information content (AvgIpc) is 2.49. The molecular formula is C16H13N2+. The Balaban J connectivity index is 2.18. The van der Waals surface area contributed by atoms with Crippen LogP contribution < -0.4 is 4.57 Å². The molecule has 2 heteroatoms.